The fourth-order valence-electron chi connectivity index (χ4n) is 2.57. The van der Waals surface area contributed by atoms with Gasteiger partial charge in [-0.2, -0.15) is 9.19 Å². The van der Waals surface area contributed by atoms with Gasteiger partial charge in [0, 0.05) is 9.87 Å². The van der Waals surface area contributed by atoms with E-state index in [-0.39, 0.29) is 0 Å². The zero-order valence-electron chi connectivity index (χ0n) is 12.0. The van der Waals surface area contributed by atoms with Gasteiger partial charge in [-0.15, -0.1) is 0 Å². The molecular formula is C15H14BrClN2O2S. The van der Waals surface area contributed by atoms with Gasteiger partial charge in [-0.1, -0.05) is 35.9 Å². The molecule has 0 aliphatic heterocycles. The van der Waals surface area contributed by atoms with Gasteiger partial charge in [0.05, 0.1) is 16.7 Å². The van der Waals surface area contributed by atoms with E-state index < -0.39 is 14.8 Å². The number of nitrogens with zero attached hydrogens (tertiary/aromatic N) is 2. The van der Waals surface area contributed by atoms with Crippen molar-refractivity contribution in [2.75, 3.05) is 0 Å². The van der Waals surface area contributed by atoms with Crippen LogP contribution in [0.4, 0.5) is 0 Å². The molecular weight excluding hydrogens is 388 g/mol. The highest BCUT2D eigenvalue weighted by Gasteiger charge is 2.45. The number of hydrogen-bond donors (Lipinski definition) is 0. The van der Waals surface area contributed by atoms with Crippen LogP contribution in [0.15, 0.2) is 51.6 Å². The lowest BCUT2D eigenvalue weighted by molar-refractivity contribution is 0.539. The first-order chi connectivity index (χ1) is 10.3. The van der Waals surface area contributed by atoms with Gasteiger partial charge in [-0.3, -0.25) is 0 Å². The lowest BCUT2D eigenvalue weighted by Crippen LogP contribution is -2.42. The fraction of sp³-hybridized carbons (Fsp3) is 0.267. The van der Waals surface area contributed by atoms with Crippen molar-refractivity contribution in [2.45, 2.75) is 25.0 Å². The molecule has 1 atom stereocenters. The molecule has 1 aromatic carbocycles. The summed E-state index contributed by atoms with van der Waals surface area (Å²) in [5.41, 5.74) is 1.18. The molecule has 1 aliphatic rings. The Morgan fingerprint density at radius 3 is 2.77 bits per heavy atom. The van der Waals surface area contributed by atoms with Crippen molar-refractivity contribution >= 4 is 48.5 Å². The van der Waals surface area contributed by atoms with E-state index >= 15 is 0 Å². The van der Waals surface area contributed by atoms with Gasteiger partial charge in [0.1, 0.15) is 4.75 Å². The Balaban J connectivity index is 2.23. The maximum Gasteiger partial charge on any atom is 0.264 e. The van der Waals surface area contributed by atoms with Crippen LogP contribution in [0.25, 0.3) is 10.9 Å². The second kappa shape index (κ2) is 5.22. The first kappa shape index (κ1) is 15.8. The number of rotatable bonds is 2. The van der Waals surface area contributed by atoms with Crippen LogP contribution in [0.1, 0.15) is 20.3 Å². The van der Waals surface area contributed by atoms with Gasteiger partial charge < -0.3 is 0 Å². The number of allylic oxidation sites excluding steroid dienone is 3. The molecule has 1 heterocycles. The van der Waals surface area contributed by atoms with Gasteiger partial charge in [0.2, 0.25) is 0 Å². The molecule has 0 spiro atoms. The zero-order valence-corrected chi connectivity index (χ0v) is 15.2. The van der Waals surface area contributed by atoms with E-state index in [4.69, 9.17) is 11.6 Å². The van der Waals surface area contributed by atoms with Gasteiger partial charge in [0.15, 0.2) is 0 Å². The van der Waals surface area contributed by atoms with Crippen LogP contribution in [0, 0.1) is 0 Å². The summed E-state index contributed by atoms with van der Waals surface area (Å²) in [5.74, 6) is 0. The molecule has 0 radical (unpaired) electrons. The smallest absolute Gasteiger partial charge is 0.204 e. The minimum Gasteiger partial charge on any atom is -0.204 e. The van der Waals surface area contributed by atoms with Crippen molar-refractivity contribution in [2.24, 2.45) is 0 Å². The molecule has 1 aromatic heterocycles. The lowest BCUT2D eigenvalue weighted by Gasteiger charge is -2.32. The third-order valence-electron chi connectivity index (χ3n) is 4.24. The van der Waals surface area contributed by atoms with Gasteiger partial charge >= 0.3 is 0 Å². The van der Waals surface area contributed by atoms with Crippen molar-refractivity contribution < 1.29 is 8.42 Å². The minimum absolute atomic E-state index is 0.339. The van der Waals surface area contributed by atoms with E-state index in [1.165, 1.54) is 0 Å². The van der Waals surface area contributed by atoms with Crippen LogP contribution in [-0.2, 0) is 10.0 Å². The first-order valence-corrected chi connectivity index (χ1v) is 9.31. The Bertz CT molecular complexity index is 930. The van der Waals surface area contributed by atoms with E-state index in [9.17, 15) is 8.42 Å². The largest absolute Gasteiger partial charge is 0.264 e. The molecule has 4 nitrogen and oxygen atoms in total. The molecule has 0 saturated heterocycles. The molecule has 22 heavy (non-hydrogen) atoms. The van der Waals surface area contributed by atoms with E-state index in [2.05, 4.69) is 21.0 Å². The number of hydrogen-bond acceptors (Lipinski definition) is 3. The molecule has 7 heteroatoms. The summed E-state index contributed by atoms with van der Waals surface area (Å²) in [7, 11) is -3.75. The molecule has 2 aromatic rings. The Morgan fingerprint density at radius 1 is 1.36 bits per heavy atom. The van der Waals surface area contributed by atoms with E-state index in [0.29, 0.717) is 22.5 Å². The number of para-hydroxylation sites is 1. The van der Waals surface area contributed by atoms with Crippen LogP contribution in [-0.4, -0.2) is 22.4 Å². The summed E-state index contributed by atoms with van der Waals surface area (Å²) in [5, 5.41) is 5.32. The number of halogens is 2. The Kier molecular flexibility index (Phi) is 3.74. The van der Waals surface area contributed by atoms with Crippen LogP contribution >= 0.6 is 27.5 Å². The first-order valence-electron chi connectivity index (χ1n) is 6.70. The Labute approximate surface area is 142 Å². The summed E-state index contributed by atoms with van der Waals surface area (Å²) < 4.78 is 27.1. The van der Waals surface area contributed by atoms with Crippen molar-refractivity contribution in [3.8, 4) is 0 Å². The number of fused-ring (bicyclic) bond motifs is 1. The predicted molar refractivity (Wildman–Crippen MR) is 92.6 cm³/mol. The molecule has 3 rings (SSSR count). The number of aromatic nitrogens is 2. The second-order valence-electron chi connectivity index (χ2n) is 5.48. The summed E-state index contributed by atoms with van der Waals surface area (Å²) in [6.07, 6.45) is 3.69. The van der Waals surface area contributed by atoms with Crippen molar-refractivity contribution in [1.82, 2.24) is 9.19 Å². The predicted octanol–water partition coefficient (Wildman–Crippen LogP) is 4.17. The van der Waals surface area contributed by atoms with E-state index in [1.807, 2.05) is 12.1 Å². The third-order valence-corrected chi connectivity index (χ3v) is 8.04. The van der Waals surface area contributed by atoms with Gasteiger partial charge in [0.25, 0.3) is 10.0 Å². The molecule has 0 N–H and O–H groups in total. The molecule has 1 unspecified atom stereocenters. The van der Waals surface area contributed by atoms with E-state index in [1.54, 1.807) is 38.3 Å². The molecule has 0 saturated carbocycles. The normalized spacial score (nSPS) is 23.0. The van der Waals surface area contributed by atoms with Crippen molar-refractivity contribution in [1.29, 1.82) is 0 Å². The summed E-state index contributed by atoms with van der Waals surface area (Å²) >= 11 is 9.61. The van der Waals surface area contributed by atoms with Gasteiger partial charge in [-0.05, 0) is 47.8 Å². The maximum absolute atomic E-state index is 13.2. The summed E-state index contributed by atoms with van der Waals surface area (Å²) in [6.45, 7) is 3.44. The quantitative estimate of drug-likeness (QED) is 0.759. The topological polar surface area (TPSA) is 52.0 Å². The molecule has 116 valence electrons. The van der Waals surface area contributed by atoms with Crippen molar-refractivity contribution in [3.05, 3.63) is 51.6 Å². The minimum atomic E-state index is -3.75. The van der Waals surface area contributed by atoms with Crippen LogP contribution in [0.3, 0.4) is 0 Å². The molecule has 0 fully saturated rings. The fourth-order valence-corrected chi connectivity index (χ4v) is 5.13. The maximum atomic E-state index is 13.2. The van der Waals surface area contributed by atoms with Crippen molar-refractivity contribution in [3.63, 3.8) is 0 Å². The highest BCUT2D eigenvalue weighted by atomic mass is 79.9. The van der Waals surface area contributed by atoms with Crippen LogP contribution in [0.2, 0.25) is 0 Å². The average Bonchev–Trinajstić information content (AvgIpc) is 2.93. The average molecular weight is 402 g/mol. The zero-order chi connectivity index (χ0) is 16.1. The van der Waals surface area contributed by atoms with Gasteiger partial charge in [-0.25, -0.2) is 8.42 Å². The highest BCUT2D eigenvalue weighted by Crippen LogP contribution is 2.43. The Hall–Kier alpha value is -1.11. The van der Waals surface area contributed by atoms with E-state index in [0.717, 1.165) is 14.0 Å². The summed E-state index contributed by atoms with van der Waals surface area (Å²) in [6, 6.07) is 7.23. The SMILES string of the molecule is CC1=C(Cl)C(Br)=CCC1(C)S(=O)(=O)n1ncc2ccccc21. The lowest BCUT2D eigenvalue weighted by atomic mass is 9.93. The standard InChI is InChI=1S/C15H14BrClN2O2S/c1-10-14(17)12(16)7-8-15(10,2)22(20,21)19-13-6-4-3-5-11(13)9-18-19/h3-7,9H,8H2,1-2H3. The van der Waals surface area contributed by atoms with Crippen LogP contribution in [0.5, 0.6) is 0 Å². The van der Waals surface area contributed by atoms with Crippen LogP contribution < -0.4 is 0 Å². The molecule has 0 amide bonds. The highest BCUT2D eigenvalue weighted by molar-refractivity contribution is 9.12. The second-order valence-corrected chi connectivity index (χ2v) is 8.91. The Morgan fingerprint density at radius 2 is 2.05 bits per heavy atom. The number of benzene rings is 1. The molecule has 1 aliphatic carbocycles. The molecule has 0 bridgehead atoms. The third kappa shape index (κ3) is 2.08. The monoisotopic (exact) mass is 400 g/mol. The summed E-state index contributed by atoms with van der Waals surface area (Å²) in [4.78, 5) is 0.